The third-order valence-corrected chi connectivity index (χ3v) is 5.03. The van der Waals surface area contributed by atoms with E-state index in [0.29, 0.717) is 25.9 Å². The molecule has 25 heavy (non-hydrogen) atoms. The number of piperidine rings is 1. The van der Waals surface area contributed by atoms with Crippen LogP contribution in [0, 0.1) is 5.41 Å². The highest BCUT2D eigenvalue weighted by atomic mass is 16.7. The topological polar surface area (TPSA) is 59.1 Å². The number of benzene rings is 1. The van der Waals surface area contributed by atoms with Crippen molar-refractivity contribution in [2.75, 3.05) is 34.0 Å². The van der Waals surface area contributed by atoms with Crippen LogP contribution in [0.2, 0.25) is 0 Å². The van der Waals surface area contributed by atoms with Gasteiger partial charge in [-0.05, 0) is 36.0 Å². The van der Waals surface area contributed by atoms with E-state index in [0.717, 1.165) is 24.3 Å². The van der Waals surface area contributed by atoms with Gasteiger partial charge in [-0.3, -0.25) is 9.59 Å². The molecule has 2 aliphatic rings. The zero-order chi connectivity index (χ0) is 18.0. The Balaban J connectivity index is 1.64. The first-order valence-electron chi connectivity index (χ1n) is 8.73. The maximum Gasteiger partial charge on any atom is 0.231 e. The third-order valence-electron chi connectivity index (χ3n) is 5.03. The molecule has 0 saturated carbocycles. The Hall–Kier alpha value is -2.24. The summed E-state index contributed by atoms with van der Waals surface area (Å²) in [4.78, 5) is 27.5. The number of hydrogen-bond donors (Lipinski definition) is 0. The summed E-state index contributed by atoms with van der Waals surface area (Å²) in [6.07, 6.45) is 2.64. The van der Waals surface area contributed by atoms with Gasteiger partial charge >= 0.3 is 0 Å². The van der Waals surface area contributed by atoms with Crippen molar-refractivity contribution in [2.45, 2.75) is 32.6 Å². The molecule has 0 aliphatic carbocycles. The van der Waals surface area contributed by atoms with E-state index in [4.69, 9.17) is 9.47 Å². The number of likely N-dealkylation sites (tertiary alicyclic amines) is 1. The van der Waals surface area contributed by atoms with Gasteiger partial charge in [-0.2, -0.15) is 0 Å². The summed E-state index contributed by atoms with van der Waals surface area (Å²) in [6.45, 7) is 3.66. The van der Waals surface area contributed by atoms with Gasteiger partial charge in [-0.1, -0.05) is 13.0 Å². The van der Waals surface area contributed by atoms with Gasteiger partial charge in [0.2, 0.25) is 18.6 Å². The molecular weight excluding hydrogens is 320 g/mol. The smallest absolute Gasteiger partial charge is 0.231 e. The van der Waals surface area contributed by atoms with Gasteiger partial charge in [0.1, 0.15) is 0 Å². The Morgan fingerprint density at radius 3 is 2.80 bits per heavy atom. The van der Waals surface area contributed by atoms with E-state index >= 15 is 0 Å². The van der Waals surface area contributed by atoms with Crippen LogP contribution in [-0.2, 0) is 16.0 Å². The van der Waals surface area contributed by atoms with Crippen molar-refractivity contribution in [3.63, 3.8) is 0 Å². The Morgan fingerprint density at radius 2 is 2.04 bits per heavy atom. The van der Waals surface area contributed by atoms with Crippen molar-refractivity contribution < 1.29 is 19.1 Å². The molecule has 0 N–H and O–H groups in total. The quantitative estimate of drug-likeness (QED) is 0.819. The Bertz CT molecular complexity index is 673. The lowest BCUT2D eigenvalue weighted by molar-refractivity contribution is -0.138. The fourth-order valence-corrected chi connectivity index (χ4v) is 3.54. The summed E-state index contributed by atoms with van der Waals surface area (Å²) in [6, 6.07) is 6.04. The Kier molecular flexibility index (Phi) is 4.88. The molecule has 0 unspecified atom stereocenters. The molecule has 2 heterocycles. The molecule has 2 amide bonds. The van der Waals surface area contributed by atoms with Gasteiger partial charge in [-0.15, -0.1) is 0 Å². The number of nitrogens with zero attached hydrogens (tertiary/aromatic N) is 2. The van der Waals surface area contributed by atoms with Crippen molar-refractivity contribution in [3.8, 4) is 11.5 Å². The lowest BCUT2D eigenvalue weighted by Gasteiger charge is -2.40. The minimum absolute atomic E-state index is 0.00275. The summed E-state index contributed by atoms with van der Waals surface area (Å²) in [7, 11) is 3.48. The van der Waals surface area contributed by atoms with Crippen molar-refractivity contribution in [1.82, 2.24) is 9.80 Å². The normalized spacial score (nSPS) is 22.2. The number of carbonyl (C=O) groups is 2. The predicted molar refractivity (Wildman–Crippen MR) is 93.5 cm³/mol. The zero-order valence-corrected chi connectivity index (χ0v) is 15.2. The first-order valence-corrected chi connectivity index (χ1v) is 8.73. The first-order chi connectivity index (χ1) is 11.9. The molecule has 0 bridgehead atoms. The van der Waals surface area contributed by atoms with Crippen LogP contribution in [0.5, 0.6) is 11.5 Å². The minimum Gasteiger partial charge on any atom is -0.454 e. The van der Waals surface area contributed by atoms with E-state index in [1.165, 1.54) is 5.56 Å². The minimum atomic E-state index is 0.00275. The highest BCUT2D eigenvalue weighted by Crippen LogP contribution is 2.37. The van der Waals surface area contributed by atoms with Gasteiger partial charge in [0.25, 0.3) is 0 Å². The fraction of sp³-hybridized carbons (Fsp3) is 0.579. The number of carbonyl (C=O) groups excluding carboxylic acids is 2. The van der Waals surface area contributed by atoms with Crippen LogP contribution >= 0.6 is 0 Å². The zero-order valence-electron chi connectivity index (χ0n) is 15.2. The second kappa shape index (κ2) is 6.94. The van der Waals surface area contributed by atoms with E-state index in [9.17, 15) is 9.59 Å². The molecule has 136 valence electrons. The fourth-order valence-electron chi connectivity index (χ4n) is 3.54. The van der Waals surface area contributed by atoms with E-state index in [-0.39, 0.29) is 24.0 Å². The molecule has 0 aromatic heterocycles. The van der Waals surface area contributed by atoms with Gasteiger partial charge in [-0.25, -0.2) is 0 Å². The van der Waals surface area contributed by atoms with E-state index in [1.54, 1.807) is 19.0 Å². The highest BCUT2D eigenvalue weighted by Gasteiger charge is 2.35. The van der Waals surface area contributed by atoms with Gasteiger partial charge < -0.3 is 19.3 Å². The number of amides is 2. The van der Waals surface area contributed by atoms with Crippen LogP contribution in [-0.4, -0.2) is 55.6 Å². The second-order valence-corrected chi connectivity index (χ2v) is 7.53. The largest absolute Gasteiger partial charge is 0.454 e. The molecule has 0 spiro atoms. The molecule has 2 aliphatic heterocycles. The molecule has 0 radical (unpaired) electrons. The highest BCUT2D eigenvalue weighted by molar-refractivity contribution is 5.79. The Morgan fingerprint density at radius 1 is 1.28 bits per heavy atom. The maximum atomic E-state index is 12.2. The molecule has 1 aromatic carbocycles. The van der Waals surface area contributed by atoms with E-state index in [2.05, 4.69) is 13.0 Å². The summed E-state index contributed by atoms with van der Waals surface area (Å²) in [5.74, 6) is 1.78. The van der Waals surface area contributed by atoms with Crippen molar-refractivity contribution in [3.05, 3.63) is 23.8 Å². The van der Waals surface area contributed by atoms with Gasteiger partial charge in [0, 0.05) is 40.0 Å². The number of hydrogen-bond acceptors (Lipinski definition) is 4. The van der Waals surface area contributed by atoms with Crippen LogP contribution in [0.3, 0.4) is 0 Å². The van der Waals surface area contributed by atoms with E-state index < -0.39 is 0 Å². The summed E-state index contributed by atoms with van der Waals surface area (Å²) >= 11 is 0. The molecule has 1 aromatic rings. The van der Waals surface area contributed by atoms with Crippen molar-refractivity contribution in [2.24, 2.45) is 5.41 Å². The summed E-state index contributed by atoms with van der Waals surface area (Å²) in [5.41, 5.74) is 1.19. The number of ether oxygens (including phenoxy) is 2. The van der Waals surface area contributed by atoms with Crippen LogP contribution in [0.1, 0.15) is 31.7 Å². The Labute approximate surface area is 148 Å². The first kappa shape index (κ1) is 17.6. The summed E-state index contributed by atoms with van der Waals surface area (Å²) < 4.78 is 10.8. The third kappa shape index (κ3) is 4.06. The van der Waals surface area contributed by atoms with Crippen molar-refractivity contribution in [1.29, 1.82) is 0 Å². The van der Waals surface area contributed by atoms with Crippen LogP contribution < -0.4 is 9.47 Å². The SMILES string of the molecule is CN(C)C(=O)CCN1C[C@@](C)(Cc2ccc3c(c2)OCO3)CCC1=O. The average Bonchev–Trinajstić information content (AvgIpc) is 3.03. The standard InChI is InChI=1S/C19H26N2O4/c1-19(11-14-4-5-15-16(10-14)25-13-24-15)8-6-18(23)21(12-19)9-7-17(22)20(2)3/h4-5,10H,6-9,11-13H2,1-3H3/t19-/m1/s1. The average molecular weight is 346 g/mol. The van der Waals surface area contributed by atoms with Crippen LogP contribution in [0.25, 0.3) is 0 Å². The molecule has 6 nitrogen and oxygen atoms in total. The second-order valence-electron chi connectivity index (χ2n) is 7.53. The lowest BCUT2D eigenvalue weighted by atomic mass is 9.76. The van der Waals surface area contributed by atoms with Crippen LogP contribution in [0.4, 0.5) is 0 Å². The van der Waals surface area contributed by atoms with E-state index in [1.807, 2.05) is 17.0 Å². The van der Waals surface area contributed by atoms with Gasteiger partial charge in [0.05, 0.1) is 0 Å². The molecule has 3 rings (SSSR count). The molecule has 1 fully saturated rings. The molecule has 1 saturated heterocycles. The van der Waals surface area contributed by atoms with Gasteiger partial charge in [0.15, 0.2) is 11.5 Å². The monoisotopic (exact) mass is 346 g/mol. The lowest BCUT2D eigenvalue weighted by Crippen LogP contribution is -2.47. The van der Waals surface area contributed by atoms with Crippen LogP contribution in [0.15, 0.2) is 18.2 Å². The summed E-state index contributed by atoms with van der Waals surface area (Å²) in [5, 5.41) is 0. The van der Waals surface area contributed by atoms with Crippen molar-refractivity contribution >= 4 is 11.8 Å². The maximum absolute atomic E-state index is 12.2. The predicted octanol–water partition coefficient (Wildman–Crippen LogP) is 2.06. The molecule has 6 heteroatoms. The molecular formula is C19H26N2O4. The number of fused-ring (bicyclic) bond motifs is 1. The molecule has 1 atom stereocenters. The number of rotatable bonds is 5.